The predicted octanol–water partition coefficient (Wildman–Crippen LogP) is 3.56. The lowest BCUT2D eigenvalue weighted by Crippen LogP contribution is -2.02. The third-order valence-electron chi connectivity index (χ3n) is 2.16. The first kappa shape index (κ1) is 12.3. The van der Waals surface area contributed by atoms with Crippen molar-refractivity contribution in [1.82, 2.24) is 9.97 Å². The van der Waals surface area contributed by atoms with Crippen molar-refractivity contribution in [3.8, 4) is 5.75 Å². The highest BCUT2D eigenvalue weighted by Crippen LogP contribution is 2.30. The van der Waals surface area contributed by atoms with E-state index in [0.29, 0.717) is 18.3 Å². The minimum Gasteiger partial charge on any atom is -0.484 e. The lowest BCUT2D eigenvalue weighted by Gasteiger charge is -2.10. The second kappa shape index (κ2) is 5.98. The molecule has 0 aliphatic carbocycles. The molecule has 0 unspecified atom stereocenters. The van der Waals surface area contributed by atoms with Crippen LogP contribution in [0.4, 0.5) is 0 Å². The van der Waals surface area contributed by atoms with Gasteiger partial charge in [-0.15, -0.1) is 11.6 Å². The van der Waals surface area contributed by atoms with Crippen LogP contribution in [0.25, 0.3) is 0 Å². The fraction of sp³-hybridized carbons (Fsp3) is 0.167. The Labute approximate surface area is 113 Å². The second-order valence-electron chi connectivity index (χ2n) is 3.32. The van der Waals surface area contributed by atoms with Crippen LogP contribution in [0.1, 0.15) is 11.4 Å². The van der Waals surface area contributed by atoms with Crippen molar-refractivity contribution in [1.29, 1.82) is 0 Å². The number of halogens is 2. The predicted molar refractivity (Wildman–Crippen MR) is 70.1 cm³/mol. The largest absolute Gasteiger partial charge is 0.484 e. The van der Waals surface area contributed by atoms with Gasteiger partial charge in [0.1, 0.15) is 12.4 Å². The Morgan fingerprint density at radius 2 is 1.94 bits per heavy atom. The Morgan fingerprint density at radius 1 is 1.18 bits per heavy atom. The van der Waals surface area contributed by atoms with E-state index in [1.165, 1.54) is 0 Å². The molecule has 0 amide bonds. The number of para-hydroxylation sites is 1. The van der Waals surface area contributed by atoms with Crippen LogP contribution in [0.2, 0.25) is 0 Å². The van der Waals surface area contributed by atoms with Crippen molar-refractivity contribution >= 4 is 27.5 Å². The van der Waals surface area contributed by atoms with Gasteiger partial charge in [0.05, 0.1) is 10.4 Å². The fourth-order valence-corrected chi connectivity index (χ4v) is 2.09. The van der Waals surface area contributed by atoms with Crippen molar-refractivity contribution in [3.63, 3.8) is 0 Å². The number of ether oxygens (including phenoxy) is 1. The molecule has 5 heteroatoms. The molecule has 0 aliphatic rings. The Hall–Kier alpha value is -1.13. The van der Waals surface area contributed by atoms with Gasteiger partial charge in [0, 0.05) is 18.0 Å². The molecule has 2 aromatic rings. The monoisotopic (exact) mass is 312 g/mol. The molecule has 0 bridgehead atoms. The van der Waals surface area contributed by atoms with Crippen molar-refractivity contribution < 1.29 is 4.74 Å². The molecule has 0 spiro atoms. The number of hydrogen-bond donors (Lipinski definition) is 0. The van der Waals surface area contributed by atoms with E-state index in [9.17, 15) is 0 Å². The van der Waals surface area contributed by atoms with Gasteiger partial charge < -0.3 is 4.74 Å². The molecule has 1 aromatic heterocycles. The van der Waals surface area contributed by atoms with Gasteiger partial charge in [-0.25, -0.2) is 9.97 Å². The number of alkyl halides is 1. The van der Waals surface area contributed by atoms with Gasteiger partial charge in [0.2, 0.25) is 0 Å². The summed E-state index contributed by atoms with van der Waals surface area (Å²) < 4.78 is 6.57. The van der Waals surface area contributed by atoms with Crippen molar-refractivity contribution in [2.24, 2.45) is 0 Å². The number of benzene rings is 1. The van der Waals surface area contributed by atoms with Gasteiger partial charge in [-0.3, -0.25) is 0 Å². The summed E-state index contributed by atoms with van der Waals surface area (Å²) in [6.45, 7) is 0.327. The maximum atomic E-state index is 5.85. The molecule has 0 saturated heterocycles. The Kier molecular flexibility index (Phi) is 4.34. The minimum atomic E-state index is 0.327. The average Bonchev–Trinajstić information content (AvgIpc) is 2.38. The van der Waals surface area contributed by atoms with E-state index in [-0.39, 0.29) is 0 Å². The summed E-state index contributed by atoms with van der Waals surface area (Å²) in [7, 11) is 0. The zero-order valence-electron chi connectivity index (χ0n) is 8.94. The topological polar surface area (TPSA) is 35.0 Å². The maximum absolute atomic E-state index is 5.85. The zero-order chi connectivity index (χ0) is 12.1. The standard InChI is InChI=1S/C12H10BrClN2O/c13-10-4-1-3-9(7-14)12(10)17-8-11-15-5-2-6-16-11/h1-6H,7-8H2. The smallest absolute Gasteiger partial charge is 0.166 e. The Bertz CT molecular complexity index is 493. The number of aromatic nitrogens is 2. The van der Waals surface area contributed by atoms with Crippen LogP contribution < -0.4 is 4.74 Å². The van der Waals surface area contributed by atoms with Gasteiger partial charge in [0.25, 0.3) is 0 Å². The molecule has 0 saturated carbocycles. The van der Waals surface area contributed by atoms with Crippen LogP contribution in [0, 0.1) is 0 Å². The highest BCUT2D eigenvalue weighted by atomic mass is 79.9. The summed E-state index contributed by atoms with van der Waals surface area (Å²) in [4.78, 5) is 8.19. The van der Waals surface area contributed by atoms with Crippen LogP contribution >= 0.6 is 27.5 Å². The summed E-state index contributed by atoms with van der Waals surface area (Å²) in [5.41, 5.74) is 0.942. The highest BCUT2D eigenvalue weighted by Gasteiger charge is 2.07. The van der Waals surface area contributed by atoms with Crippen LogP contribution in [-0.4, -0.2) is 9.97 Å². The quantitative estimate of drug-likeness (QED) is 0.810. The average molecular weight is 314 g/mol. The molecular formula is C12H10BrClN2O. The molecule has 0 aliphatic heterocycles. The van der Waals surface area contributed by atoms with Crippen molar-refractivity contribution in [2.45, 2.75) is 12.5 Å². The Morgan fingerprint density at radius 3 is 2.65 bits per heavy atom. The second-order valence-corrected chi connectivity index (χ2v) is 4.44. The molecule has 17 heavy (non-hydrogen) atoms. The summed E-state index contributed by atoms with van der Waals surface area (Å²) in [5, 5.41) is 0. The first-order valence-electron chi connectivity index (χ1n) is 5.03. The SMILES string of the molecule is ClCc1cccc(Br)c1OCc1ncccn1. The van der Waals surface area contributed by atoms with E-state index in [1.54, 1.807) is 18.5 Å². The zero-order valence-corrected chi connectivity index (χ0v) is 11.3. The lowest BCUT2D eigenvalue weighted by atomic mass is 10.2. The lowest BCUT2D eigenvalue weighted by molar-refractivity contribution is 0.291. The summed E-state index contributed by atoms with van der Waals surface area (Å²) in [5.74, 6) is 1.79. The molecule has 88 valence electrons. The highest BCUT2D eigenvalue weighted by molar-refractivity contribution is 9.10. The summed E-state index contributed by atoms with van der Waals surface area (Å²) >= 11 is 9.29. The van der Waals surface area contributed by atoms with E-state index in [0.717, 1.165) is 15.8 Å². The number of nitrogens with zero attached hydrogens (tertiary/aromatic N) is 2. The third kappa shape index (κ3) is 3.17. The maximum Gasteiger partial charge on any atom is 0.166 e. The first-order chi connectivity index (χ1) is 8.31. The van der Waals surface area contributed by atoms with Gasteiger partial charge in [-0.1, -0.05) is 12.1 Å². The van der Waals surface area contributed by atoms with Gasteiger partial charge >= 0.3 is 0 Å². The van der Waals surface area contributed by atoms with E-state index in [1.807, 2.05) is 18.2 Å². The number of hydrogen-bond acceptors (Lipinski definition) is 3. The van der Waals surface area contributed by atoms with Gasteiger partial charge in [0.15, 0.2) is 5.82 Å². The van der Waals surface area contributed by atoms with Gasteiger partial charge in [-0.2, -0.15) is 0 Å². The molecule has 3 nitrogen and oxygen atoms in total. The van der Waals surface area contributed by atoms with E-state index >= 15 is 0 Å². The molecule has 0 fully saturated rings. The molecule has 1 aromatic carbocycles. The summed E-state index contributed by atoms with van der Waals surface area (Å²) in [6.07, 6.45) is 3.38. The molecular weight excluding hydrogens is 304 g/mol. The van der Waals surface area contributed by atoms with Gasteiger partial charge in [-0.05, 0) is 28.1 Å². The van der Waals surface area contributed by atoms with E-state index in [2.05, 4.69) is 25.9 Å². The first-order valence-corrected chi connectivity index (χ1v) is 6.36. The molecule has 2 rings (SSSR count). The molecule has 0 N–H and O–H groups in total. The third-order valence-corrected chi connectivity index (χ3v) is 3.07. The summed E-state index contributed by atoms with van der Waals surface area (Å²) in [6, 6.07) is 7.54. The van der Waals surface area contributed by atoms with Crippen LogP contribution in [0.15, 0.2) is 41.1 Å². The Balaban J connectivity index is 2.14. The fourth-order valence-electron chi connectivity index (χ4n) is 1.36. The molecule has 1 heterocycles. The van der Waals surface area contributed by atoms with Crippen LogP contribution in [0.3, 0.4) is 0 Å². The van der Waals surface area contributed by atoms with E-state index < -0.39 is 0 Å². The van der Waals surface area contributed by atoms with Crippen molar-refractivity contribution in [2.75, 3.05) is 0 Å². The van der Waals surface area contributed by atoms with E-state index in [4.69, 9.17) is 16.3 Å². The number of rotatable bonds is 4. The normalized spacial score (nSPS) is 10.2. The van der Waals surface area contributed by atoms with Crippen molar-refractivity contribution in [3.05, 3.63) is 52.5 Å². The van der Waals surface area contributed by atoms with Crippen LogP contribution in [0.5, 0.6) is 5.75 Å². The minimum absolute atomic E-state index is 0.327. The van der Waals surface area contributed by atoms with Crippen LogP contribution in [-0.2, 0) is 12.5 Å². The molecule has 0 atom stereocenters. The molecule has 0 radical (unpaired) electrons.